The van der Waals surface area contributed by atoms with Gasteiger partial charge < -0.3 is 18.9 Å². The fourth-order valence-electron chi connectivity index (χ4n) is 10.3. The molecule has 0 amide bonds. The molecule has 0 bridgehead atoms. The molecule has 4 aromatic heterocycles. The summed E-state index contributed by atoms with van der Waals surface area (Å²) in [6.07, 6.45) is 7.57. The van der Waals surface area contributed by atoms with Crippen molar-refractivity contribution in [2.24, 2.45) is 0 Å². The first kappa shape index (κ1) is 55.6. The number of nitrogens with zero attached hydrogens (tertiary/aromatic N) is 4. The number of rotatable bonds is 8. The van der Waals surface area contributed by atoms with Gasteiger partial charge in [0.15, 0.2) is 0 Å². The van der Waals surface area contributed by atoms with Crippen LogP contribution in [0.5, 0.6) is 46.0 Å². The predicted octanol–water partition coefficient (Wildman–Crippen LogP) is 17.9. The Bertz CT molecular complexity index is 3750. The van der Waals surface area contributed by atoms with Crippen LogP contribution < -0.4 is 35.3 Å². The Morgan fingerprint density at radius 2 is 0.671 bits per heavy atom. The summed E-state index contributed by atoms with van der Waals surface area (Å²) in [7, 11) is 0. The lowest BCUT2D eigenvalue weighted by molar-refractivity contribution is 0.455. The van der Waals surface area contributed by atoms with Crippen molar-refractivity contribution < 1.29 is 18.9 Å². The van der Waals surface area contributed by atoms with E-state index in [0.717, 1.165) is 100 Å². The van der Waals surface area contributed by atoms with Crippen molar-refractivity contribution in [3.63, 3.8) is 0 Å². The fourth-order valence-corrected chi connectivity index (χ4v) is 10.7. The van der Waals surface area contributed by atoms with Gasteiger partial charge in [0.2, 0.25) is 0 Å². The highest BCUT2D eigenvalue weighted by atomic mass is 79.9. The molecular formula is C72H68BBrN4O4. The Labute approximate surface area is 492 Å². The van der Waals surface area contributed by atoms with Crippen LogP contribution in [0, 0.1) is 0 Å². The lowest BCUT2D eigenvalue weighted by Gasteiger charge is -2.33. The summed E-state index contributed by atoms with van der Waals surface area (Å²) in [5.74, 6) is 6.20. The molecule has 6 heterocycles. The largest absolute Gasteiger partial charge is 0.458 e. The van der Waals surface area contributed by atoms with E-state index in [1.165, 1.54) is 22.3 Å². The molecule has 0 radical (unpaired) electrons. The van der Waals surface area contributed by atoms with E-state index in [1.807, 2.05) is 110 Å². The molecule has 0 saturated heterocycles. The number of benzene rings is 6. The van der Waals surface area contributed by atoms with Crippen LogP contribution in [0.1, 0.15) is 105 Å². The Morgan fingerprint density at radius 3 is 1.01 bits per heavy atom. The van der Waals surface area contributed by atoms with Gasteiger partial charge in [-0.3, -0.25) is 19.9 Å². The first-order valence-corrected chi connectivity index (χ1v) is 28.8. The van der Waals surface area contributed by atoms with Crippen molar-refractivity contribution in [2.45, 2.75) is 105 Å². The van der Waals surface area contributed by atoms with Gasteiger partial charge in [-0.1, -0.05) is 107 Å². The van der Waals surface area contributed by atoms with Crippen LogP contribution in [0.15, 0.2) is 199 Å². The number of pyridine rings is 4. The average molecular weight is 1140 g/mol. The van der Waals surface area contributed by atoms with Crippen LogP contribution in [0.4, 0.5) is 0 Å². The van der Waals surface area contributed by atoms with E-state index in [9.17, 15) is 0 Å². The minimum atomic E-state index is -0.0369. The fraction of sp³-hybridized carbons (Fsp3) is 0.222. The average Bonchev–Trinajstić information content (AvgIpc) is 1.83. The molecule has 0 fully saturated rings. The summed E-state index contributed by atoms with van der Waals surface area (Å²) in [5, 5.41) is 0. The Hall–Kier alpha value is -8.34. The molecule has 2 aliphatic heterocycles. The van der Waals surface area contributed by atoms with Gasteiger partial charge in [0, 0.05) is 41.4 Å². The van der Waals surface area contributed by atoms with E-state index in [1.54, 1.807) is 0 Å². The molecule has 0 saturated carbocycles. The number of hydrogen-bond donors (Lipinski definition) is 0. The van der Waals surface area contributed by atoms with E-state index in [2.05, 4.69) is 194 Å². The molecule has 0 unspecified atom stereocenters. The van der Waals surface area contributed by atoms with Crippen molar-refractivity contribution in [1.29, 1.82) is 0 Å². The third kappa shape index (κ3) is 11.9. The van der Waals surface area contributed by atoms with Gasteiger partial charge in [-0.25, -0.2) is 0 Å². The highest BCUT2D eigenvalue weighted by Gasteiger charge is 2.40. The highest BCUT2D eigenvalue weighted by molar-refractivity contribution is 9.10. The normalized spacial score (nSPS) is 12.6. The third-order valence-electron chi connectivity index (χ3n) is 15.2. The SMILES string of the molecule is CC(C)(C)c1ccnc(-c2ccc(Oc3cccc(Oc4ccc(-c5cc(C(C)(C)C)ccn5)cc4)c3Br)cc2)c1.CC(C)(C)c1ccnc(-c2ccc3c(c2)B2c4cc(-c5cc(C(C)(C)C)ccn5)ccc4Oc4cccc(c42)O3)c1. The summed E-state index contributed by atoms with van der Waals surface area (Å²) in [6.45, 7) is 26.6. The van der Waals surface area contributed by atoms with Crippen molar-refractivity contribution in [1.82, 2.24) is 19.9 Å². The second kappa shape index (κ2) is 21.9. The van der Waals surface area contributed by atoms with E-state index in [4.69, 9.17) is 28.9 Å². The van der Waals surface area contributed by atoms with Crippen LogP contribution in [-0.4, -0.2) is 26.6 Å². The first-order chi connectivity index (χ1) is 39.0. The molecule has 6 aromatic carbocycles. The van der Waals surface area contributed by atoms with Gasteiger partial charge in [-0.2, -0.15) is 0 Å². The van der Waals surface area contributed by atoms with E-state index >= 15 is 0 Å². The first-order valence-electron chi connectivity index (χ1n) is 28.0. The topological polar surface area (TPSA) is 88.5 Å². The Balaban J connectivity index is 0.000000172. The number of aromatic nitrogens is 4. The molecule has 2 aliphatic rings. The van der Waals surface area contributed by atoms with Crippen LogP contribution in [0.3, 0.4) is 0 Å². The van der Waals surface area contributed by atoms with Crippen LogP contribution in [0.2, 0.25) is 0 Å². The monoisotopic (exact) mass is 1140 g/mol. The Morgan fingerprint density at radius 1 is 0.354 bits per heavy atom. The lowest BCUT2D eigenvalue weighted by atomic mass is 9.34. The van der Waals surface area contributed by atoms with E-state index in [0.29, 0.717) is 11.5 Å². The number of halogens is 1. The Kier molecular flexibility index (Phi) is 14.8. The van der Waals surface area contributed by atoms with E-state index < -0.39 is 0 Å². The molecule has 0 atom stereocenters. The molecule has 0 aliphatic carbocycles. The molecule has 10 heteroatoms. The van der Waals surface area contributed by atoms with Crippen molar-refractivity contribution >= 4 is 39.0 Å². The van der Waals surface area contributed by atoms with Crippen molar-refractivity contribution in [2.75, 3.05) is 0 Å². The second-order valence-corrected chi connectivity index (χ2v) is 26.1. The highest BCUT2D eigenvalue weighted by Crippen LogP contribution is 2.41. The van der Waals surface area contributed by atoms with Gasteiger partial charge in [-0.15, -0.1) is 0 Å². The lowest BCUT2D eigenvalue weighted by Crippen LogP contribution is -2.57. The summed E-state index contributed by atoms with van der Waals surface area (Å²) >= 11 is 3.68. The van der Waals surface area contributed by atoms with Gasteiger partial charge in [0.05, 0.1) is 22.8 Å². The molecule has 0 N–H and O–H groups in total. The van der Waals surface area contributed by atoms with Gasteiger partial charge in [-0.05, 0) is 227 Å². The van der Waals surface area contributed by atoms with Crippen molar-refractivity contribution in [3.8, 4) is 91.0 Å². The molecule has 12 rings (SSSR count). The summed E-state index contributed by atoms with van der Waals surface area (Å²) < 4.78 is 26.1. The predicted molar refractivity (Wildman–Crippen MR) is 339 cm³/mol. The van der Waals surface area contributed by atoms with Gasteiger partial charge in [0.25, 0.3) is 6.71 Å². The van der Waals surface area contributed by atoms with Crippen molar-refractivity contribution in [3.05, 3.63) is 221 Å². The summed E-state index contributed by atoms with van der Waals surface area (Å²) in [5.41, 5.74) is 16.6. The van der Waals surface area contributed by atoms with E-state index in [-0.39, 0.29) is 28.4 Å². The summed E-state index contributed by atoms with van der Waals surface area (Å²) in [4.78, 5) is 18.6. The maximum absolute atomic E-state index is 6.46. The molecule has 10 aromatic rings. The molecular weight excluding hydrogens is 1080 g/mol. The van der Waals surface area contributed by atoms with Gasteiger partial charge in [0.1, 0.15) is 50.5 Å². The molecule has 82 heavy (non-hydrogen) atoms. The summed E-state index contributed by atoms with van der Waals surface area (Å²) in [6, 6.07) is 57.7. The van der Waals surface area contributed by atoms with Crippen LogP contribution in [0.25, 0.3) is 45.0 Å². The maximum Gasteiger partial charge on any atom is 0.260 e. The zero-order chi connectivity index (χ0) is 57.7. The number of ether oxygens (including phenoxy) is 4. The number of fused-ring (bicyclic) bond motifs is 4. The minimum absolute atomic E-state index is 0.0369. The zero-order valence-corrected chi connectivity index (χ0v) is 50.4. The quantitative estimate of drug-likeness (QED) is 0.139. The smallest absolute Gasteiger partial charge is 0.260 e. The van der Waals surface area contributed by atoms with Crippen LogP contribution >= 0.6 is 15.9 Å². The second-order valence-electron chi connectivity index (χ2n) is 25.4. The molecule has 0 spiro atoms. The minimum Gasteiger partial charge on any atom is -0.458 e. The zero-order valence-electron chi connectivity index (χ0n) is 48.9. The maximum atomic E-state index is 6.46. The van der Waals surface area contributed by atoms with Gasteiger partial charge >= 0.3 is 0 Å². The standard InChI is InChI=1S/C36H33BN2O2.C36H35BrN2O2/c1-35(2,3)24-14-16-38-28(20-24)22-10-12-30-26(18-22)37-27-19-23(29-21-25(15-17-39-29)36(4,5)6)11-13-31(27)41-33-9-7-8-32(40-30)34(33)37;1-35(2,3)26-18-20-38-30(22-26)24-10-14-28(15-11-24)40-32-8-7-9-33(34(32)37)41-29-16-12-25(13-17-29)31-23-27(19-21-39-31)36(4,5)6/h7-21H,1-6H3;7-23H,1-6H3. The third-order valence-corrected chi connectivity index (χ3v) is 16.0. The number of hydrogen-bond acceptors (Lipinski definition) is 8. The van der Waals surface area contributed by atoms with Crippen LogP contribution in [-0.2, 0) is 21.7 Å². The molecule has 410 valence electrons. The molecule has 8 nitrogen and oxygen atoms in total.